The first-order chi connectivity index (χ1) is 5.50. The summed E-state index contributed by atoms with van der Waals surface area (Å²) < 4.78 is 42.2. The molecular formula is C4HF3N2O3. The van der Waals surface area contributed by atoms with E-state index in [1.807, 2.05) is 0 Å². The summed E-state index contributed by atoms with van der Waals surface area (Å²) in [6.07, 6.45) is -5.16. The number of esters is 1. The number of aromatic nitrogens is 2. The molecule has 1 heterocycles. The molecule has 0 unspecified atom stereocenters. The maximum absolute atomic E-state index is 11.5. The molecule has 0 spiro atoms. The number of hydrogen-bond acceptors (Lipinski definition) is 5. The van der Waals surface area contributed by atoms with Crippen molar-refractivity contribution >= 4 is 5.97 Å². The third-order valence-electron chi connectivity index (χ3n) is 0.752. The highest BCUT2D eigenvalue weighted by Gasteiger charge is 2.42. The quantitative estimate of drug-likeness (QED) is 0.593. The van der Waals surface area contributed by atoms with Gasteiger partial charge in [0.25, 0.3) is 0 Å². The van der Waals surface area contributed by atoms with Gasteiger partial charge in [0.2, 0.25) is 6.39 Å². The molecule has 0 atom stereocenters. The van der Waals surface area contributed by atoms with Crippen molar-refractivity contribution in [2.75, 3.05) is 0 Å². The molecule has 1 aromatic rings. The lowest BCUT2D eigenvalue weighted by Crippen LogP contribution is -2.28. The average molecular weight is 182 g/mol. The normalized spacial score (nSPS) is 11.2. The van der Waals surface area contributed by atoms with E-state index in [0.29, 0.717) is 0 Å². The van der Waals surface area contributed by atoms with Crippen molar-refractivity contribution in [1.29, 1.82) is 0 Å². The fourth-order valence-electron chi connectivity index (χ4n) is 0.345. The number of hydrogen-bond donors (Lipinski definition) is 0. The van der Waals surface area contributed by atoms with Crippen molar-refractivity contribution in [3.63, 3.8) is 0 Å². The number of carbonyl (C=O) groups is 1. The Kier molecular flexibility index (Phi) is 1.98. The van der Waals surface area contributed by atoms with Crippen LogP contribution >= 0.6 is 0 Å². The highest BCUT2D eigenvalue weighted by Crippen LogP contribution is 2.17. The second kappa shape index (κ2) is 2.80. The summed E-state index contributed by atoms with van der Waals surface area (Å²) in [6, 6.07) is 0. The van der Waals surface area contributed by atoms with Crippen molar-refractivity contribution in [3.05, 3.63) is 6.39 Å². The van der Waals surface area contributed by atoms with Gasteiger partial charge in [-0.1, -0.05) is 5.10 Å². The minimum atomic E-state index is -5.06. The van der Waals surface area contributed by atoms with Gasteiger partial charge in [-0.3, -0.25) is 0 Å². The highest BCUT2D eigenvalue weighted by molar-refractivity contribution is 5.77. The van der Waals surface area contributed by atoms with Gasteiger partial charge >= 0.3 is 18.2 Å². The van der Waals surface area contributed by atoms with Gasteiger partial charge in [-0.15, -0.1) is 5.10 Å². The zero-order chi connectivity index (χ0) is 9.19. The fraction of sp³-hybridized carbons (Fsp3) is 0.250. The number of alkyl halides is 3. The first-order valence-corrected chi connectivity index (χ1v) is 2.55. The third kappa shape index (κ3) is 1.94. The molecule has 1 rings (SSSR count). The van der Waals surface area contributed by atoms with Gasteiger partial charge in [0.1, 0.15) is 0 Å². The van der Waals surface area contributed by atoms with Crippen LogP contribution in [0, 0.1) is 0 Å². The Morgan fingerprint density at radius 1 is 1.58 bits per heavy atom. The number of halogens is 3. The van der Waals surface area contributed by atoms with Crippen LogP contribution < -0.4 is 4.74 Å². The third-order valence-corrected chi connectivity index (χ3v) is 0.752. The maximum Gasteiger partial charge on any atom is 0.491 e. The van der Waals surface area contributed by atoms with Crippen LogP contribution in [0.4, 0.5) is 13.2 Å². The second-order valence-corrected chi connectivity index (χ2v) is 1.59. The summed E-state index contributed by atoms with van der Waals surface area (Å²) >= 11 is 0. The van der Waals surface area contributed by atoms with Crippen LogP contribution in [0.3, 0.4) is 0 Å². The standard InChI is InChI=1S/C4HF3N2O3/c5-4(6,7)2(10)12-3-9-8-1-11-3/h1H. The Morgan fingerprint density at radius 3 is 2.67 bits per heavy atom. The summed E-state index contributed by atoms with van der Waals surface area (Å²) in [5.41, 5.74) is 0. The predicted molar refractivity (Wildman–Crippen MR) is 26.0 cm³/mol. The number of rotatable bonds is 1. The van der Waals surface area contributed by atoms with Crippen LogP contribution in [0.25, 0.3) is 0 Å². The van der Waals surface area contributed by atoms with E-state index in [4.69, 9.17) is 0 Å². The van der Waals surface area contributed by atoms with Gasteiger partial charge in [-0.25, -0.2) is 4.79 Å². The first-order valence-electron chi connectivity index (χ1n) is 2.55. The molecular weight excluding hydrogens is 181 g/mol. The summed E-state index contributed by atoms with van der Waals surface area (Å²) in [5.74, 6) is -2.40. The summed E-state index contributed by atoms with van der Waals surface area (Å²) in [7, 11) is 0. The van der Waals surface area contributed by atoms with Crippen molar-refractivity contribution in [3.8, 4) is 6.08 Å². The molecule has 0 aliphatic heterocycles. The van der Waals surface area contributed by atoms with Crippen molar-refractivity contribution in [2.24, 2.45) is 0 Å². The molecule has 0 N–H and O–H groups in total. The van der Waals surface area contributed by atoms with Crippen LogP contribution in [0.15, 0.2) is 10.8 Å². The number of ether oxygens (including phenoxy) is 1. The highest BCUT2D eigenvalue weighted by atomic mass is 19.4. The van der Waals surface area contributed by atoms with Crippen molar-refractivity contribution in [2.45, 2.75) is 6.18 Å². The molecule has 0 amide bonds. The molecule has 66 valence electrons. The van der Waals surface area contributed by atoms with Crippen LogP contribution in [0.1, 0.15) is 0 Å². The Balaban J connectivity index is 2.60. The summed E-state index contributed by atoms with van der Waals surface area (Å²) in [5, 5.41) is 5.91. The van der Waals surface area contributed by atoms with E-state index in [1.165, 1.54) is 0 Å². The molecule has 0 saturated heterocycles. The molecule has 0 saturated carbocycles. The molecule has 0 bridgehead atoms. The van der Waals surface area contributed by atoms with Gasteiger partial charge in [-0.2, -0.15) is 13.2 Å². The molecule has 0 aromatic carbocycles. The van der Waals surface area contributed by atoms with Gasteiger partial charge in [-0.05, 0) is 0 Å². The molecule has 1 aromatic heterocycles. The average Bonchev–Trinajstić information content (AvgIpc) is 2.37. The Bertz CT molecular complexity index is 268. The minimum absolute atomic E-state index is 0.735. The van der Waals surface area contributed by atoms with E-state index in [-0.39, 0.29) is 0 Å². The number of carbonyl (C=O) groups excluding carboxylic acids is 1. The van der Waals surface area contributed by atoms with Crippen LogP contribution in [0.2, 0.25) is 0 Å². The van der Waals surface area contributed by atoms with E-state index in [1.54, 1.807) is 0 Å². The van der Waals surface area contributed by atoms with E-state index >= 15 is 0 Å². The molecule has 0 fully saturated rings. The first kappa shape index (κ1) is 8.50. The van der Waals surface area contributed by atoms with Gasteiger partial charge in [0.15, 0.2) is 0 Å². The number of nitrogens with zero attached hydrogens (tertiary/aromatic N) is 2. The zero-order valence-electron chi connectivity index (χ0n) is 5.33. The smallest absolute Gasteiger partial charge is 0.396 e. The van der Waals surface area contributed by atoms with Crippen molar-refractivity contribution < 1.29 is 27.1 Å². The Morgan fingerprint density at radius 2 is 2.25 bits per heavy atom. The Labute approximate surface area is 63.1 Å². The topological polar surface area (TPSA) is 65.2 Å². The van der Waals surface area contributed by atoms with Gasteiger partial charge in [0, 0.05) is 0 Å². The minimum Gasteiger partial charge on any atom is -0.396 e. The SMILES string of the molecule is O=C(Oc1nnco1)C(F)(F)F. The van der Waals surface area contributed by atoms with E-state index < -0.39 is 18.2 Å². The predicted octanol–water partition coefficient (Wildman–Crippen LogP) is 0.537. The van der Waals surface area contributed by atoms with Crippen LogP contribution in [-0.2, 0) is 4.79 Å². The molecule has 0 aliphatic carbocycles. The molecule has 5 nitrogen and oxygen atoms in total. The second-order valence-electron chi connectivity index (χ2n) is 1.59. The summed E-state index contributed by atoms with van der Waals surface area (Å²) in [6.45, 7) is 0. The van der Waals surface area contributed by atoms with Crippen molar-refractivity contribution in [1.82, 2.24) is 10.2 Å². The largest absolute Gasteiger partial charge is 0.491 e. The zero-order valence-corrected chi connectivity index (χ0v) is 5.33. The molecule has 12 heavy (non-hydrogen) atoms. The fourth-order valence-corrected chi connectivity index (χ4v) is 0.345. The lowest BCUT2D eigenvalue weighted by atomic mass is 10.7. The summed E-state index contributed by atoms with van der Waals surface area (Å²) in [4.78, 5) is 10.1. The monoisotopic (exact) mass is 182 g/mol. The van der Waals surface area contributed by atoms with Crippen LogP contribution in [0.5, 0.6) is 6.08 Å². The van der Waals surface area contributed by atoms with Gasteiger partial charge < -0.3 is 9.15 Å². The van der Waals surface area contributed by atoms with E-state index in [0.717, 1.165) is 6.39 Å². The van der Waals surface area contributed by atoms with Gasteiger partial charge in [0.05, 0.1) is 0 Å². The van der Waals surface area contributed by atoms with E-state index in [9.17, 15) is 18.0 Å². The lowest BCUT2D eigenvalue weighted by Gasteiger charge is -2.01. The van der Waals surface area contributed by atoms with Crippen LogP contribution in [-0.4, -0.2) is 22.3 Å². The molecule has 8 heteroatoms. The maximum atomic E-state index is 11.5. The van der Waals surface area contributed by atoms with E-state index in [2.05, 4.69) is 19.4 Å². The molecule has 0 radical (unpaired) electrons. The molecule has 0 aliphatic rings. The lowest BCUT2D eigenvalue weighted by molar-refractivity contribution is -0.191. The Hall–Kier alpha value is -1.60.